The zero-order chi connectivity index (χ0) is 14.2. The summed E-state index contributed by atoms with van der Waals surface area (Å²) in [6.45, 7) is 5.41. The molecule has 0 N–H and O–H groups in total. The van der Waals surface area contributed by atoms with Gasteiger partial charge in [-0.3, -0.25) is 4.79 Å². The van der Waals surface area contributed by atoms with Gasteiger partial charge in [0.25, 0.3) is 5.91 Å². The molecular weight excluding hydrogens is 254 g/mol. The van der Waals surface area contributed by atoms with E-state index in [-0.39, 0.29) is 12.0 Å². The molecule has 1 aliphatic rings. The molecule has 0 aliphatic carbocycles. The topological polar surface area (TPSA) is 38.8 Å². The van der Waals surface area contributed by atoms with Crippen LogP contribution >= 0.6 is 0 Å². The lowest BCUT2D eigenvalue weighted by Gasteiger charge is -2.32. The van der Waals surface area contributed by atoms with Gasteiger partial charge in [0.1, 0.15) is 0 Å². The fraction of sp³-hybridized carbons (Fsp3) is 0.562. The Hall–Kier alpha value is -1.39. The quantitative estimate of drug-likeness (QED) is 0.749. The van der Waals surface area contributed by atoms with Crippen molar-refractivity contribution in [1.82, 2.24) is 4.90 Å². The first-order valence-electron chi connectivity index (χ1n) is 7.35. The van der Waals surface area contributed by atoms with Crippen molar-refractivity contribution < 1.29 is 14.3 Å². The zero-order valence-electron chi connectivity index (χ0n) is 12.1. The standard InChI is InChI=1S/C16H23NO3/c1-2-19-11-12-20-15-9-6-10-17(13-15)16(18)14-7-4-3-5-8-14/h3-5,7-8,15H,2,6,9-13H2,1H3. The molecule has 0 aromatic heterocycles. The van der Waals surface area contributed by atoms with Crippen LogP contribution in [0, 0.1) is 0 Å². The van der Waals surface area contributed by atoms with Crippen molar-refractivity contribution in [3.8, 4) is 0 Å². The molecule has 0 radical (unpaired) electrons. The van der Waals surface area contributed by atoms with E-state index in [0.717, 1.165) is 24.9 Å². The maximum absolute atomic E-state index is 12.4. The minimum atomic E-state index is 0.101. The third kappa shape index (κ3) is 4.32. The molecule has 1 amide bonds. The lowest BCUT2D eigenvalue weighted by Crippen LogP contribution is -2.43. The monoisotopic (exact) mass is 277 g/mol. The minimum absolute atomic E-state index is 0.101. The highest BCUT2D eigenvalue weighted by atomic mass is 16.5. The average molecular weight is 277 g/mol. The summed E-state index contributed by atoms with van der Waals surface area (Å²) in [7, 11) is 0. The van der Waals surface area contributed by atoms with E-state index in [1.54, 1.807) is 0 Å². The van der Waals surface area contributed by atoms with Crippen molar-refractivity contribution in [2.24, 2.45) is 0 Å². The molecule has 4 nitrogen and oxygen atoms in total. The van der Waals surface area contributed by atoms with Gasteiger partial charge >= 0.3 is 0 Å². The summed E-state index contributed by atoms with van der Waals surface area (Å²) in [6, 6.07) is 9.44. The first-order chi connectivity index (χ1) is 9.81. The highest BCUT2D eigenvalue weighted by Crippen LogP contribution is 2.16. The largest absolute Gasteiger partial charge is 0.379 e. The van der Waals surface area contributed by atoms with Crippen molar-refractivity contribution in [3.63, 3.8) is 0 Å². The van der Waals surface area contributed by atoms with Gasteiger partial charge < -0.3 is 14.4 Å². The number of benzene rings is 1. The number of ether oxygens (including phenoxy) is 2. The van der Waals surface area contributed by atoms with Gasteiger partial charge in [0, 0.05) is 25.3 Å². The second-order valence-corrected chi connectivity index (χ2v) is 4.95. The number of likely N-dealkylation sites (tertiary alicyclic amines) is 1. The van der Waals surface area contributed by atoms with E-state index in [9.17, 15) is 4.79 Å². The van der Waals surface area contributed by atoms with Gasteiger partial charge in [-0.05, 0) is 31.9 Å². The molecule has 4 heteroatoms. The fourth-order valence-corrected chi connectivity index (χ4v) is 2.44. The van der Waals surface area contributed by atoms with Gasteiger partial charge in [-0.1, -0.05) is 18.2 Å². The number of hydrogen-bond acceptors (Lipinski definition) is 3. The third-order valence-corrected chi connectivity index (χ3v) is 3.47. The summed E-state index contributed by atoms with van der Waals surface area (Å²) in [5, 5.41) is 0. The minimum Gasteiger partial charge on any atom is -0.379 e. The summed E-state index contributed by atoms with van der Waals surface area (Å²) in [6.07, 6.45) is 2.15. The van der Waals surface area contributed by atoms with Crippen molar-refractivity contribution >= 4 is 5.91 Å². The Morgan fingerprint density at radius 1 is 1.30 bits per heavy atom. The van der Waals surface area contributed by atoms with Crippen molar-refractivity contribution in [1.29, 1.82) is 0 Å². The van der Waals surface area contributed by atoms with E-state index >= 15 is 0 Å². The maximum Gasteiger partial charge on any atom is 0.253 e. The van der Waals surface area contributed by atoms with Crippen LogP contribution in [0.25, 0.3) is 0 Å². The Morgan fingerprint density at radius 3 is 2.85 bits per heavy atom. The number of piperidine rings is 1. The number of rotatable bonds is 6. The van der Waals surface area contributed by atoms with Crippen molar-refractivity contribution in [2.75, 3.05) is 32.9 Å². The molecule has 1 atom stereocenters. The van der Waals surface area contributed by atoms with Gasteiger partial charge in [-0.25, -0.2) is 0 Å². The molecule has 20 heavy (non-hydrogen) atoms. The number of hydrogen-bond donors (Lipinski definition) is 0. The lowest BCUT2D eigenvalue weighted by molar-refractivity contribution is -0.0226. The Morgan fingerprint density at radius 2 is 2.10 bits per heavy atom. The predicted octanol–water partition coefficient (Wildman–Crippen LogP) is 2.34. The number of nitrogens with zero attached hydrogens (tertiary/aromatic N) is 1. The number of carbonyl (C=O) groups excluding carboxylic acids is 1. The SMILES string of the molecule is CCOCCOC1CCCN(C(=O)c2ccccc2)C1. The smallest absolute Gasteiger partial charge is 0.253 e. The molecule has 1 aromatic rings. The van der Waals surface area contributed by atoms with Crippen LogP contribution in [0.15, 0.2) is 30.3 Å². The normalized spacial score (nSPS) is 19.1. The summed E-state index contributed by atoms with van der Waals surface area (Å²) in [5.41, 5.74) is 0.752. The van der Waals surface area contributed by atoms with Crippen LogP contribution in [0.5, 0.6) is 0 Å². The van der Waals surface area contributed by atoms with Gasteiger partial charge in [0.2, 0.25) is 0 Å². The first-order valence-corrected chi connectivity index (χ1v) is 7.35. The summed E-state index contributed by atoms with van der Waals surface area (Å²) in [5.74, 6) is 0.101. The highest BCUT2D eigenvalue weighted by Gasteiger charge is 2.24. The summed E-state index contributed by atoms with van der Waals surface area (Å²) in [4.78, 5) is 14.3. The molecule has 1 heterocycles. The van der Waals surface area contributed by atoms with Crippen molar-refractivity contribution in [2.45, 2.75) is 25.9 Å². The Labute approximate surface area is 120 Å². The maximum atomic E-state index is 12.4. The molecule has 0 bridgehead atoms. The highest BCUT2D eigenvalue weighted by molar-refractivity contribution is 5.94. The van der Waals surface area contributed by atoms with E-state index in [0.29, 0.717) is 26.4 Å². The Balaban J connectivity index is 1.82. The number of carbonyl (C=O) groups is 1. The van der Waals surface area contributed by atoms with Gasteiger partial charge in [0.05, 0.1) is 19.3 Å². The molecule has 0 saturated carbocycles. The molecule has 1 aliphatic heterocycles. The Kier molecular flexibility index (Phi) is 6.02. The van der Waals surface area contributed by atoms with Crippen LogP contribution in [0.1, 0.15) is 30.1 Å². The fourth-order valence-electron chi connectivity index (χ4n) is 2.44. The first kappa shape index (κ1) is 15.0. The average Bonchev–Trinajstić information content (AvgIpc) is 2.52. The number of amides is 1. The second kappa shape index (κ2) is 8.02. The molecule has 0 spiro atoms. The van der Waals surface area contributed by atoms with Crippen LogP contribution in [-0.4, -0.2) is 49.8 Å². The van der Waals surface area contributed by atoms with E-state index in [2.05, 4.69) is 0 Å². The Bertz CT molecular complexity index is 407. The van der Waals surface area contributed by atoms with E-state index in [1.165, 1.54) is 0 Å². The van der Waals surface area contributed by atoms with Crippen LogP contribution in [0.2, 0.25) is 0 Å². The van der Waals surface area contributed by atoms with Crippen molar-refractivity contribution in [3.05, 3.63) is 35.9 Å². The van der Waals surface area contributed by atoms with Crippen LogP contribution in [0.4, 0.5) is 0 Å². The van der Waals surface area contributed by atoms with Crippen LogP contribution in [0.3, 0.4) is 0 Å². The van der Waals surface area contributed by atoms with Crippen LogP contribution in [-0.2, 0) is 9.47 Å². The van der Waals surface area contributed by atoms with E-state index < -0.39 is 0 Å². The molecule has 1 saturated heterocycles. The molecule has 1 aromatic carbocycles. The second-order valence-electron chi connectivity index (χ2n) is 4.95. The molecular formula is C16H23NO3. The lowest BCUT2D eigenvalue weighted by atomic mass is 10.1. The molecule has 1 unspecified atom stereocenters. The molecule has 110 valence electrons. The third-order valence-electron chi connectivity index (χ3n) is 3.47. The van der Waals surface area contributed by atoms with E-state index in [4.69, 9.17) is 9.47 Å². The zero-order valence-corrected chi connectivity index (χ0v) is 12.1. The molecule has 1 fully saturated rings. The van der Waals surface area contributed by atoms with Gasteiger partial charge in [0.15, 0.2) is 0 Å². The van der Waals surface area contributed by atoms with E-state index in [1.807, 2.05) is 42.2 Å². The molecule has 2 rings (SSSR count). The van der Waals surface area contributed by atoms with Gasteiger partial charge in [-0.15, -0.1) is 0 Å². The van der Waals surface area contributed by atoms with Gasteiger partial charge in [-0.2, -0.15) is 0 Å². The van der Waals surface area contributed by atoms with Crippen LogP contribution < -0.4 is 0 Å². The summed E-state index contributed by atoms with van der Waals surface area (Å²) < 4.78 is 11.0. The predicted molar refractivity (Wildman–Crippen MR) is 77.8 cm³/mol. The summed E-state index contributed by atoms with van der Waals surface area (Å²) >= 11 is 0.